The molecule has 1 aromatic carbocycles. The van der Waals surface area contributed by atoms with Crippen molar-refractivity contribution in [1.82, 2.24) is 5.32 Å². The third-order valence-electron chi connectivity index (χ3n) is 3.07. The molecule has 0 atom stereocenters. The van der Waals surface area contributed by atoms with Gasteiger partial charge in [0.25, 0.3) is 0 Å². The maximum absolute atomic E-state index is 11.8. The van der Waals surface area contributed by atoms with E-state index in [1.54, 1.807) is 16.2 Å². The minimum absolute atomic E-state index is 0.0276. The smallest absolute Gasteiger partial charge is 0.225 e. The third kappa shape index (κ3) is 4.96. The summed E-state index contributed by atoms with van der Waals surface area (Å²) in [5, 5.41) is 4.80. The van der Waals surface area contributed by atoms with Crippen molar-refractivity contribution in [2.24, 2.45) is 0 Å². The molecule has 0 saturated carbocycles. The highest BCUT2D eigenvalue weighted by Gasteiger charge is 2.12. The first-order valence-corrected chi connectivity index (χ1v) is 8.56. The van der Waals surface area contributed by atoms with Gasteiger partial charge in [-0.2, -0.15) is 0 Å². The van der Waals surface area contributed by atoms with E-state index in [2.05, 4.69) is 21.2 Å². The maximum atomic E-state index is 11.8. The zero-order valence-corrected chi connectivity index (χ0v) is 14.6. The van der Waals surface area contributed by atoms with Crippen molar-refractivity contribution in [2.75, 3.05) is 18.0 Å². The predicted octanol–water partition coefficient (Wildman–Crippen LogP) is 3.22. The number of anilines is 1. The number of nitrogens with one attached hydrogen (secondary N) is 1. The number of benzene rings is 1. The van der Waals surface area contributed by atoms with Crippen molar-refractivity contribution in [1.29, 1.82) is 0 Å². The summed E-state index contributed by atoms with van der Waals surface area (Å²) in [5.74, 6) is -0.0780. The fourth-order valence-corrected chi connectivity index (χ4v) is 3.14. The van der Waals surface area contributed by atoms with Gasteiger partial charge in [0, 0.05) is 35.1 Å². The fourth-order valence-electron chi connectivity index (χ4n) is 2.05. The van der Waals surface area contributed by atoms with Gasteiger partial charge in [-0.1, -0.05) is 28.1 Å². The van der Waals surface area contributed by atoms with Crippen LogP contribution in [-0.4, -0.2) is 24.9 Å². The second-order valence-corrected chi connectivity index (χ2v) is 6.70. The van der Waals surface area contributed by atoms with Crippen LogP contribution in [0, 0.1) is 0 Å². The van der Waals surface area contributed by atoms with Crippen LogP contribution in [0.4, 0.5) is 5.69 Å². The molecular formula is C16H17BrN2O2S. The Bertz CT molecular complexity index is 643. The van der Waals surface area contributed by atoms with Crippen molar-refractivity contribution in [3.05, 3.63) is 51.1 Å². The lowest BCUT2D eigenvalue weighted by Gasteiger charge is -2.21. The van der Waals surface area contributed by atoms with Crippen LogP contribution < -0.4 is 10.2 Å². The van der Waals surface area contributed by atoms with Crippen LogP contribution in [-0.2, 0) is 16.0 Å². The number of halogens is 1. The van der Waals surface area contributed by atoms with Gasteiger partial charge in [0.2, 0.25) is 11.8 Å². The molecule has 0 aliphatic rings. The number of carbonyl (C=O) groups excluding carboxylic acids is 2. The number of thiophene rings is 1. The van der Waals surface area contributed by atoms with Crippen LogP contribution in [0.2, 0.25) is 0 Å². The van der Waals surface area contributed by atoms with Crippen LogP contribution in [0.1, 0.15) is 11.8 Å². The van der Waals surface area contributed by atoms with Crippen LogP contribution in [0.15, 0.2) is 46.3 Å². The molecule has 0 saturated heterocycles. The standard InChI is InChI=1S/C16H17BrN2O2S/c1-12(20)19(14-5-2-4-13(17)10-14)8-7-18-16(21)11-15-6-3-9-22-15/h2-6,9-10H,7-8,11H2,1H3,(H,18,21). The predicted molar refractivity (Wildman–Crippen MR) is 93.2 cm³/mol. The van der Waals surface area contributed by atoms with Crippen molar-refractivity contribution in [3.63, 3.8) is 0 Å². The molecule has 1 heterocycles. The number of carbonyl (C=O) groups is 2. The van der Waals surface area contributed by atoms with Gasteiger partial charge in [-0.05, 0) is 29.6 Å². The Kier molecular flexibility index (Phi) is 6.15. The fraction of sp³-hybridized carbons (Fsp3) is 0.250. The van der Waals surface area contributed by atoms with Gasteiger partial charge in [0.15, 0.2) is 0 Å². The van der Waals surface area contributed by atoms with Gasteiger partial charge >= 0.3 is 0 Å². The zero-order chi connectivity index (χ0) is 15.9. The quantitative estimate of drug-likeness (QED) is 0.836. The molecule has 2 aromatic rings. The van der Waals surface area contributed by atoms with Crippen LogP contribution >= 0.6 is 27.3 Å². The third-order valence-corrected chi connectivity index (χ3v) is 4.44. The molecule has 4 nitrogen and oxygen atoms in total. The minimum Gasteiger partial charge on any atom is -0.354 e. The number of hydrogen-bond donors (Lipinski definition) is 1. The summed E-state index contributed by atoms with van der Waals surface area (Å²) in [5.41, 5.74) is 0.814. The average molecular weight is 381 g/mol. The second-order valence-electron chi connectivity index (χ2n) is 4.76. The average Bonchev–Trinajstić information content (AvgIpc) is 2.96. The normalized spacial score (nSPS) is 10.3. The molecule has 0 radical (unpaired) electrons. The van der Waals surface area contributed by atoms with Crippen molar-refractivity contribution in [2.45, 2.75) is 13.3 Å². The molecular weight excluding hydrogens is 364 g/mol. The van der Waals surface area contributed by atoms with Crippen molar-refractivity contribution < 1.29 is 9.59 Å². The molecule has 0 bridgehead atoms. The molecule has 6 heteroatoms. The Balaban J connectivity index is 1.87. The molecule has 0 fully saturated rings. The van der Waals surface area contributed by atoms with Crippen LogP contribution in [0.5, 0.6) is 0 Å². The topological polar surface area (TPSA) is 49.4 Å². The Hall–Kier alpha value is -1.66. The molecule has 0 aliphatic heterocycles. The van der Waals surface area contributed by atoms with Gasteiger partial charge in [-0.15, -0.1) is 11.3 Å². The van der Waals surface area contributed by atoms with Gasteiger partial charge in [0.1, 0.15) is 0 Å². The zero-order valence-electron chi connectivity index (χ0n) is 12.2. The Morgan fingerprint density at radius 3 is 2.73 bits per heavy atom. The second kappa shape index (κ2) is 8.10. The molecule has 0 unspecified atom stereocenters. The summed E-state index contributed by atoms with van der Waals surface area (Å²) in [6.07, 6.45) is 0.384. The molecule has 0 spiro atoms. The largest absolute Gasteiger partial charge is 0.354 e. The number of hydrogen-bond acceptors (Lipinski definition) is 3. The molecule has 2 amide bonds. The molecule has 116 valence electrons. The van der Waals surface area contributed by atoms with E-state index in [1.807, 2.05) is 41.8 Å². The first-order valence-electron chi connectivity index (χ1n) is 6.89. The minimum atomic E-state index is -0.0504. The number of rotatable bonds is 6. The van der Waals surface area contributed by atoms with Gasteiger partial charge in [-0.25, -0.2) is 0 Å². The molecule has 1 N–H and O–H groups in total. The molecule has 1 aromatic heterocycles. The van der Waals surface area contributed by atoms with Gasteiger partial charge in [-0.3, -0.25) is 9.59 Å². The first-order chi connectivity index (χ1) is 10.6. The highest BCUT2D eigenvalue weighted by Crippen LogP contribution is 2.19. The monoisotopic (exact) mass is 380 g/mol. The molecule has 2 rings (SSSR count). The Morgan fingerprint density at radius 1 is 1.27 bits per heavy atom. The lowest BCUT2D eigenvalue weighted by molar-refractivity contribution is -0.120. The van der Waals surface area contributed by atoms with E-state index in [0.717, 1.165) is 15.0 Å². The van der Waals surface area contributed by atoms with E-state index >= 15 is 0 Å². The van der Waals surface area contributed by atoms with Gasteiger partial charge < -0.3 is 10.2 Å². The van der Waals surface area contributed by atoms with Gasteiger partial charge in [0.05, 0.1) is 6.42 Å². The van der Waals surface area contributed by atoms with Crippen LogP contribution in [0.25, 0.3) is 0 Å². The summed E-state index contributed by atoms with van der Waals surface area (Å²) in [6.45, 7) is 2.40. The maximum Gasteiger partial charge on any atom is 0.225 e. The molecule has 22 heavy (non-hydrogen) atoms. The van der Waals surface area contributed by atoms with Crippen molar-refractivity contribution in [3.8, 4) is 0 Å². The van der Waals surface area contributed by atoms with Crippen molar-refractivity contribution >= 4 is 44.8 Å². The van der Waals surface area contributed by atoms with E-state index < -0.39 is 0 Å². The summed E-state index contributed by atoms with van der Waals surface area (Å²) in [7, 11) is 0. The number of amides is 2. The van der Waals surface area contributed by atoms with E-state index in [4.69, 9.17) is 0 Å². The summed E-state index contributed by atoms with van der Waals surface area (Å²) in [6, 6.07) is 11.4. The molecule has 0 aliphatic carbocycles. The summed E-state index contributed by atoms with van der Waals surface area (Å²) in [4.78, 5) is 26.3. The SMILES string of the molecule is CC(=O)N(CCNC(=O)Cc1cccs1)c1cccc(Br)c1. The van der Waals surface area contributed by atoms with Crippen LogP contribution in [0.3, 0.4) is 0 Å². The Labute approximate surface area is 142 Å². The van der Waals surface area contributed by atoms with E-state index in [9.17, 15) is 9.59 Å². The Morgan fingerprint density at radius 2 is 2.09 bits per heavy atom. The van der Waals surface area contributed by atoms with E-state index in [0.29, 0.717) is 19.5 Å². The van der Waals surface area contributed by atoms with E-state index in [-0.39, 0.29) is 11.8 Å². The lowest BCUT2D eigenvalue weighted by Crippen LogP contribution is -2.38. The van der Waals surface area contributed by atoms with E-state index in [1.165, 1.54) is 6.92 Å². The number of nitrogens with zero attached hydrogens (tertiary/aromatic N) is 1. The highest BCUT2D eigenvalue weighted by molar-refractivity contribution is 9.10. The first kappa shape index (κ1) is 16.7. The highest BCUT2D eigenvalue weighted by atomic mass is 79.9. The lowest BCUT2D eigenvalue weighted by atomic mass is 10.3. The summed E-state index contributed by atoms with van der Waals surface area (Å²) >= 11 is 4.96. The summed E-state index contributed by atoms with van der Waals surface area (Å²) < 4.78 is 0.915.